The second-order valence-corrected chi connectivity index (χ2v) is 6.02. The van der Waals surface area contributed by atoms with Crippen LogP contribution >= 0.6 is 0 Å². The zero-order valence-electron chi connectivity index (χ0n) is 13.9. The molecule has 1 rings (SSSR count). The molecule has 22 heavy (non-hydrogen) atoms. The van der Waals surface area contributed by atoms with Crippen molar-refractivity contribution in [3.05, 3.63) is 29.3 Å². The summed E-state index contributed by atoms with van der Waals surface area (Å²) in [6, 6.07) is 5.88. The van der Waals surface area contributed by atoms with Crippen molar-refractivity contribution in [3.8, 4) is 5.75 Å². The first-order valence-electron chi connectivity index (χ1n) is 7.47. The smallest absolute Gasteiger partial charge is 0.329 e. The van der Waals surface area contributed by atoms with Crippen LogP contribution in [0.1, 0.15) is 51.2 Å². The molecule has 1 unspecified atom stereocenters. The molecule has 0 spiro atoms. The molecular weight excluding hydrogens is 282 g/mol. The number of hydrogen-bond acceptors (Lipinski definition) is 3. The Kier molecular flexibility index (Phi) is 5.97. The lowest BCUT2D eigenvalue weighted by Crippen LogP contribution is -2.53. The van der Waals surface area contributed by atoms with Gasteiger partial charge < -0.3 is 15.2 Å². The van der Waals surface area contributed by atoms with Crippen LogP contribution in [0.5, 0.6) is 5.75 Å². The second kappa shape index (κ2) is 7.29. The number of amides is 1. The van der Waals surface area contributed by atoms with Gasteiger partial charge >= 0.3 is 5.97 Å². The van der Waals surface area contributed by atoms with Crippen LogP contribution in [0, 0.1) is 6.92 Å². The van der Waals surface area contributed by atoms with E-state index in [1.807, 2.05) is 25.1 Å². The molecule has 0 heterocycles. The van der Waals surface area contributed by atoms with Gasteiger partial charge in [-0.15, -0.1) is 0 Å². The van der Waals surface area contributed by atoms with Crippen LogP contribution in [0.4, 0.5) is 0 Å². The highest BCUT2D eigenvalue weighted by Crippen LogP contribution is 2.27. The van der Waals surface area contributed by atoms with Crippen LogP contribution in [0.3, 0.4) is 0 Å². The van der Waals surface area contributed by atoms with Crippen molar-refractivity contribution in [1.29, 1.82) is 0 Å². The van der Waals surface area contributed by atoms with Crippen molar-refractivity contribution >= 4 is 11.9 Å². The van der Waals surface area contributed by atoms with Gasteiger partial charge in [-0.3, -0.25) is 4.79 Å². The van der Waals surface area contributed by atoms with Crippen LogP contribution in [0.25, 0.3) is 0 Å². The third kappa shape index (κ3) is 4.48. The maximum atomic E-state index is 12.0. The molecule has 0 bridgehead atoms. The van der Waals surface area contributed by atoms with E-state index in [-0.39, 0.29) is 12.5 Å². The maximum absolute atomic E-state index is 12.0. The molecule has 0 saturated heterocycles. The molecule has 0 radical (unpaired) electrons. The minimum atomic E-state index is -1.27. The number of carboxylic acids is 1. The largest absolute Gasteiger partial charge is 0.483 e. The molecule has 0 saturated carbocycles. The third-order valence-corrected chi connectivity index (χ3v) is 3.74. The average Bonchev–Trinajstić information content (AvgIpc) is 2.44. The van der Waals surface area contributed by atoms with E-state index in [4.69, 9.17) is 9.84 Å². The number of benzene rings is 1. The number of carbonyl (C=O) groups excluding carboxylic acids is 1. The quantitative estimate of drug-likeness (QED) is 0.812. The molecule has 0 aromatic heterocycles. The highest BCUT2D eigenvalue weighted by Gasteiger charge is 2.32. The summed E-state index contributed by atoms with van der Waals surface area (Å²) < 4.78 is 5.61. The van der Waals surface area contributed by atoms with Gasteiger partial charge in [-0.25, -0.2) is 4.79 Å². The zero-order chi connectivity index (χ0) is 16.9. The van der Waals surface area contributed by atoms with Crippen LogP contribution in [-0.4, -0.2) is 29.1 Å². The van der Waals surface area contributed by atoms with E-state index < -0.39 is 17.4 Å². The summed E-state index contributed by atoms with van der Waals surface area (Å²) in [5, 5.41) is 11.7. The van der Waals surface area contributed by atoms with E-state index in [1.54, 1.807) is 6.92 Å². The number of ether oxygens (including phenoxy) is 1. The van der Waals surface area contributed by atoms with Crippen molar-refractivity contribution in [2.75, 3.05) is 6.61 Å². The van der Waals surface area contributed by atoms with Gasteiger partial charge in [0, 0.05) is 0 Å². The Bertz CT molecular complexity index is 554. The van der Waals surface area contributed by atoms with E-state index >= 15 is 0 Å². The Labute approximate surface area is 131 Å². The highest BCUT2D eigenvalue weighted by atomic mass is 16.5. The van der Waals surface area contributed by atoms with Crippen LogP contribution in [0.2, 0.25) is 0 Å². The zero-order valence-corrected chi connectivity index (χ0v) is 13.9. The van der Waals surface area contributed by atoms with Crippen LogP contribution < -0.4 is 10.1 Å². The van der Waals surface area contributed by atoms with E-state index in [1.165, 1.54) is 6.92 Å². The summed E-state index contributed by atoms with van der Waals surface area (Å²) in [5.74, 6) is -0.554. The van der Waals surface area contributed by atoms with Gasteiger partial charge in [0.05, 0.1) is 0 Å². The first kappa shape index (κ1) is 18.0. The Morgan fingerprint density at radius 2 is 2.00 bits per heavy atom. The average molecular weight is 307 g/mol. The molecule has 1 aromatic carbocycles. The molecule has 5 heteroatoms. The second-order valence-electron chi connectivity index (χ2n) is 6.02. The molecule has 5 nitrogen and oxygen atoms in total. The Hall–Kier alpha value is -2.04. The van der Waals surface area contributed by atoms with Gasteiger partial charge in [-0.05, 0) is 43.4 Å². The summed E-state index contributed by atoms with van der Waals surface area (Å²) in [5.41, 5.74) is 0.798. The minimum absolute atomic E-state index is 0.202. The van der Waals surface area contributed by atoms with E-state index in [2.05, 4.69) is 19.2 Å². The number of rotatable bonds is 7. The fourth-order valence-corrected chi connectivity index (χ4v) is 2.02. The van der Waals surface area contributed by atoms with Crippen LogP contribution in [-0.2, 0) is 9.59 Å². The van der Waals surface area contributed by atoms with E-state index in [0.717, 1.165) is 11.1 Å². The predicted octanol–water partition coefficient (Wildman–Crippen LogP) is 2.87. The molecule has 0 aliphatic heterocycles. The van der Waals surface area contributed by atoms with Gasteiger partial charge in [0.2, 0.25) is 0 Å². The molecular formula is C17H25NO4. The van der Waals surface area contributed by atoms with Gasteiger partial charge in [-0.1, -0.05) is 32.9 Å². The lowest BCUT2D eigenvalue weighted by Gasteiger charge is -2.24. The number of carbonyl (C=O) groups is 2. The van der Waals surface area contributed by atoms with Gasteiger partial charge in [0.15, 0.2) is 6.61 Å². The van der Waals surface area contributed by atoms with Crippen LogP contribution in [0.15, 0.2) is 18.2 Å². The topological polar surface area (TPSA) is 75.6 Å². The van der Waals surface area contributed by atoms with Crippen molar-refractivity contribution in [1.82, 2.24) is 5.32 Å². The fraction of sp³-hybridized carbons (Fsp3) is 0.529. The van der Waals surface area contributed by atoms with Crippen molar-refractivity contribution < 1.29 is 19.4 Å². The highest BCUT2D eigenvalue weighted by molar-refractivity contribution is 5.87. The summed E-state index contributed by atoms with van der Waals surface area (Å²) in [4.78, 5) is 23.2. The van der Waals surface area contributed by atoms with Gasteiger partial charge in [0.1, 0.15) is 11.3 Å². The van der Waals surface area contributed by atoms with E-state index in [9.17, 15) is 9.59 Å². The molecule has 0 aliphatic carbocycles. The third-order valence-electron chi connectivity index (χ3n) is 3.74. The SMILES string of the molecule is CCC(C)(NC(=O)COc1cc(C)ccc1C(C)C)C(=O)O. The molecule has 0 fully saturated rings. The van der Waals surface area contributed by atoms with Gasteiger partial charge in [-0.2, -0.15) is 0 Å². The van der Waals surface area contributed by atoms with Crippen molar-refractivity contribution in [2.45, 2.75) is 52.5 Å². The number of aliphatic carboxylic acids is 1. The summed E-state index contributed by atoms with van der Waals surface area (Å²) in [6.45, 7) is 9.06. The molecule has 1 atom stereocenters. The minimum Gasteiger partial charge on any atom is -0.483 e. The first-order chi connectivity index (χ1) is 10.2. The first-order valence-corrected chi connectivity index (χ1v) is 7.47. The molecule has 1 aromatic rings. The standard InChI is InChI=1S/C17H25NO4/c1-6-17(5,16(20)21)18-15(19)10-22-14-9-12(4)7-8-13(14)11(2)3/h7-9,11H,6,10H2,1-5H3,(H,18,19)(H,20,21). The van der Waals surface area contributed by atoms with Crippen molar-refractivity contribution in [2.24, 2.45) is 0 Å². The Morgan fingerprint density at radius 1 is 1.36 bits per heavy atom. The molecule has 2 N–H and O–H groups in total. The fourth-order valence-electron chi connectivity index (χ4n) is 2.02. The number of hydrogen-bond donors (Lipinski definition) is 2. The predicted molar refractivity (Wildman–Crippen MR) is 85.2 cm³/mol. The number of aryl methyl sites for hydroxylation is 1. The number of nitrogens with one attached hydrogen (secondary N) is 1. The molecule has 1 amide bonds. The lowest BCUT2D eigenvalue weighted by atomic mass is 9.99. The monoisotopic (exact) mass is 307 g/mol. The summed E-state index contributed by atoms with van der Waals surface area (Å²) in [6.07, 6.45) is 0.301. The normalized spacial score (nSPS) is 13.5. The van der Waals surface area contributed by atoms with Crippen molar-refractivity contribution in [3.63, 3.8) is 0 Å². The summed E-state index contributed by atoms with van der Waals surface area (Å²) >= 11 is 0. The number of carboxylic acid groups (broad SMARTS) is 1. The van der Waals surface area contributed by atoms with E-state index in [0.29, 0.717) is 12.2 Å². The molecule has 122 valence electrons. The maximum Gasteiger partial charge on any atom is 0.329 e. The van der Waals surface area contributed by atoms with Gasteiger partial charge in [0.25, 0.3) is 5.91 Å². The Balaban J connectivity index is 2.76. The summed E-state index contributed by atoms with van der Waals surface area (Å²) in [7, 11) is 0. The lowest BCUT2D eigenvalue weighted by molar-refractivity contribution is -0.147. The Morgan fingerprint density at radius 3 is 2.50 bits per heavy atom. The molecule has 0 aliphatic rings.